The van der Waals surface area contributed by atoms with Gasteiger partial charge in [-0.1, -0.05) is 0 Å². The van der Waals surface area contributed by atoms with Crippen LogP contribution < -0.4 is 0 Å². The fourth-order valence-electron chi connectivity index (χ4n) is 1.62. The zero-order chi connectivity index (χ0) is 11.4. The normalized spacial score (nSPS) is 16.4. The molecule has 16 heavy (non-hydrogen) atoms. The van der Waals surface area contributed by atoms with Crippen molar-refractivity contribution in [3.8, 4) is 0 Å². The summed E-state index contributed by atoms with van der Waals surface area (Å²) in [7, 11) is 0. The first-order valence-corrected chi connectivity index (χ1v) is 5.63. The van der Waals surface area contributed by atoms with E-state index in [1.165, 1.54) is 0 Å². The lowest BCUT2D eigenvalue weighted by Gasteiger charge is -2.26. The lowest BCUT2D eigenvalue weighted by molar-refractivity contribution is -0.135. The molecule has 0 unspecified atom stereocenters. The highest BCUT2D eigenvalue weighted by Gasteiger charge is 2.16. The Hall–Kier alpha value is -1.21. The second-order valence-electron chi connectivity index (χ2n) is 3.60. The van der Waals surface area contributed by atoms with Crippen LogP contribution in [0.15, 0.2) is 6.33 Å². The molecular weight excluding hydrogens is 228 g/mol. The van der Waals surface area contributed by atoms with E-state index in [9.17, 15) is 4.79 Å². The number of aromatic amines is 1. The van der Waals surface area contributed by atoms with Crippen molar-refractivity contribution in [2.75, 3.05) is 26.3 Å². The van der Waals surface area contributed by atoms with E-state index in [0.29, 0.717) is 44.0 Å². The number of carbonyl (C=O) groups is 1. The molecule has 1 aliphatic heterocycles. The van der Waals surface area contributed by atoms with Gasteiger partial charge in [-0.3, -0.25) is 9.89 Å². The Labute approximate surface area is 98.2 Å². The van der Waals surface area contributed by atoms with Crippen LogP contribution in [-0.2, 0) is 16.1 Å². The number of aromatic nitrogens is 3. The summed E-state index contributed by atoms with van der Waals surface area (Å²) >= 11 is 4.99. The highest BCUT2D eigenvalue weighted by molar-refractivity contribution is 7.71. The van der Waals surface area contributed by atoms with Gasteiger partial charge in [0.15, 0.2) is 4.77 Å². The topological polar surface area (TPSA) is 63.2 Å². The molecule has 0 atom stereocenters. The van der Waals surface area contributed by atoms with Gasteiger partial charge >= 0.3 is 0 Å². The lowest BCUT2D eigenvalue weighted by atomic mass is 10.3. The average molecular weight is 242 g/mol. The summed E-state index contributed by atoms with van der Waals surface area (Å²) < 4.78 is 7.50. The maximum Gasteiger partial charge on any atom is 0.224 e. The average Bonchev–Trinajstić information content (AvgIpc) is 2.73. The standard InChI is InChI=1S/C9H14N4O2S/c14-8(12-3-5-15-6-4-12)1-2-13-7-10-11-9(13)16/h7H,1-6H2,(H,11,16). The van der Waals surface area contributed by atoms with E-state index in [1.807, 2.05) is 4.90 Å². The van der Waals surface area contributed by atoms with Crippen molar-refractivity contribution >= 4 is 18.1 Å². The molecule has 7 heteroatoms. The summed E-state index contributed by atoms with van der Waals surface area (Å²) in [5, 5.41) is 6.46. The minimum Gasteiger partial charge on any atom is -0.378 e. The molecule has 1 saturated heterocycles. The van der Waals surface area contributed by atoms with Gasteiger partial charge in [-0.05, 0) is 12.2 Å². The number of morpholine rings is 1. The van der Waals surface area contributed by atoms with Gasteiger partial charge in [0.05, 0.1) is 13.2 Å². The predicted octanol–water partition coefficient (Wildman–Crippen LogP) is 0.190. The maximum absolute atomic E-state index is 11.8. The molecule has 1 aromatic heterocycles. The molecule has 88 valence electrons. The first-order valence-electron chi connectivity index (χ1n) is 5.23. The third-order valence-electron chi connectivity index (χ3n) is 2.55. The quantitative estimate of drug-likeness (QED) is 0.769. The second kappa shape index (κ2) is 5.22. The van der Waals surface area contributed by atoms with E-state index >= 15 is 0 Å². The van der Waals surface area contributed by atoms with Gasteiger partial charge in [0.2, 0.25) is 5.91 Å². The molecule has 1 aliphatic rings. The lowest BCUT2D eigenvalue weighted by Crippen LogP contribution is -2.40. The predicted molar refractivity (Wildman–Crippen MR) is 59.4 cm³/mol. The van der Waals surface area contributed by atoms with E-state index in [2.05, 4.69) is 10.2 Å². The summed E-state index contributed by atoms with van der Waals surface area (Å²) in [5.41, 5.74) is 0. The minimum atomic E-state index is 0.145. The number of ether oxygens (including phenoxy) is 1. The van der Waals surface area contributed by atoms with E-state index < -0.39 is 0 Å². The van der Waals surface area contributed by atoms with E-state index in [4.69, 9.17) is 17.0 Å². The molecule has 2 rings (SSSR count). The van der Waals surface area contributed by atoms with Crippen LogP contribution in [0.4, 0.5) is 0 Å². The third kappa shape index (κ3) is 2.67. The number of hydrogen-bond acceptors (Lipinski definition) is 4. The number of nitrogens with one attached hydrogen (secondary N) is 1. The Kier molecular flexibility index (Phi) is 3.68. The number of amides is 1. The van der Waals surface area contributed by atoms with Gasteiger partial charge in [0, 0.05) is 26.1 Å². The van der Waals surface area contributed by atoms with Crippen molar-refractivity contribution in [1.29, 1.82) is 0 Å². The van der Waals surface area contributed by atoms with Crippen LogP contribution in [0.25, 0.3) is 0 Å². The van der Waals surface area contributed by atoms with Crippen LogP contribution >= 0.6 is 12.2 Å². The van der Waals surface area contributed by atoms with Crippen molar-refractivity contribution in [2.24, 2.45) is 0 Å². The molecule has 0 saturated carbocycles. The summed E-state index contributed by atoms with van der Waals surface area (Å²) in [6, 6.07) is 0. The maximum atomic E-state index is 11.8. The van der Waals surface area contributed by atoms with Crippen LogP contribution in [0, 0.1) is 4.77 Å². The van der Waals surface area contributed by atoms with Crippen LogP contribution in [0.5, 0.6) is 0 Å². The number of nitrogens with zero attached hydrogens (tertiary/aromatic N) is 3. The fourth-order valence-corrected chi connectivity index (χ4v) is 1.81. The summed E-state index contributed by atoms with van der Waals surface area (Å²) in [6.45, 7) is 3.23. The molecule has 1 aromatic rings. The van der Waals surface area contributed by atoms with Crippen molar-refractivity contribution < 1.29 is 9.53 Å². The summed E-state index contributed by atoms with van der Waals surface area (Å²) in [4.78, 5) is 13.6. The Morgan fingerprint density at radius 3 is 2.94 bits per heavy atom. The van der Waals surface area contributed by atoms with Crippen molar-refractivity contribution in [2.45, 2.75) is 13.0 Å². The molecule has 0 bridgehead atoms. The summed E-state index contributed by atoms with van der Waals surface area (Å²) in [5.74, 6) is 0.145. The minimum absolute atomic E-state index is 0.145. The van der Waals surface area contributed by atoms with Crippen LogP contribution in [0.2, 0.25) is 0 Å². The first-order chi connectivity index (χ1) is 7.77. The highest BCUT2D eigenvalue weighted by Crippen LogP contribution is 2.01. The molecule has 1 amide bonds. The van der Waals surface area contributed by atoms with Gasteiger partial charge in [0.1, 0.15) is 6.33 Å². The molecule has 1 N–H and O–H groups in total. The number of rotatable bonds is 3. The van der Waals surface area contributed by atoms with Gasteiger partial charge in [-0.25, -0.2) is 0 Å². The number of aryl methyl sites for hydroxylation is 1. The Morgan fingerprint density at radius 1 is 1.56 bits per heavy atom. The Bertz CT molecular complexity index is 408. The third-order valence-corrected chi connectivity index (χ3v) is 2.87. The van der Waals surface area contributed by atoms with Crippen LogP contribution in [-0.4, -0.2) is 51.9 Å². The van der Waals surface area contributed by atoms with Crippen molar-refractivity contribution in [3.63, 3.8) is 0 Å². The molecule has 1 fully saturated rings. The fraction of sp³-hybridized carbons (Fsp3) is 0.667. The number of hydrogen-bond donors (Lipinski definition) is 1. The Morgan fingerprint density at radius 2 is 2.31 bits per heavy atom. The SMILES string of the molecule is O=C(CCn1cn[nH]c1=S)N1CCOCC1. The van der Waals surface area contributed by atoms with Crippen molar-refractivity contribution in [3.05, 3.63) is 11.1 Å². The van der Waals surface area contributed by atoms with E-state index in [0.717, 1.165) is 0 Å². The largest absolute Gasteiger partial charge is 0.378 e. The van der Waals surface area contributed by atoms with E-state index in [1.54, 1.807) is 10.9 Å². The van der Waals surface area contributed by atoms with Gasteiger partial charge < -0.3 is 14.2 Å². The number of H-pyrrole nitrogens is 1. The smallest absolute Gasteiger partial charge is 0.224 e. The monoisotopic (exact) mass is 242 g/mol. The Balaban J connectivity index is 1.83. The highest BCUT2D eigenvalue weighted by atomic mass is 32.1. The molecular formula is C9H14N4O2S. The molecule has 2 heterocycles. The van der Waals surface area contributed by atoms with Crippen LogP contribution in [0.3, 0.4) is 0 Å². The number of carbonyl (C=O) groups excluding carboxylic acids is 1. The van der Waals surface area contributed by atoms with Gasteiger partial charge in [0.25, 0.3) is 0 Å². The zero-order valence-corrected chi connectivity index (χ0v) is 9.70. The zero-order valence-electron chi connectivity index (χ0n) is 8.89. The second-order valence-corrected chi connectivity index (χ2v) is 3.98. The first kappa shape index (κ1) is 11.3. The van der Waals surface area contributed by atoms with Gasteiger partial charge in [-0.2, -0.15) is 5.10 Å². The molecule has 0 aromatic carbocycles. The van der Waals surface area contributed by atoms with Gasteiger partial charge in [-0.15, -0.1) is 0 Å². The molecule has 0 spiro atoms. The molecule has 0 aliphatic carbocycles. The summed E-state index contributed by atoms with van der Waals surface area (Å²) in [6.07, 6.45) is 2.06. The molecule has 6 nitrogen and oxygen atoms in total. The van der Waals surface area contributed by atoms with Crippen molar-refractivity contribution in [1.82, 2.24) is 19.7 Å². The molecule has 0 radical (unpaired) electrons. The van der Waals surface area contributed by atoms with Crippen LogP contribution in [0.1, 0.15) is 6.42 Å². The van der Waals surface area contributed by atoms with E-state index in [-0.39, 0.29) is 5.91 Å².